The molecule has 3 aromatic rings. The molecule has 0 spiro atoms. The number of nitrogens with zero attached hydrogens (tertiary/aromatic N) is 4. The van der Waals surface area contributed by atoms with Gasteiger partial charge in [-0.05, 0) is 12.5 Å². The van der Waals surface area contributed by atoms with Crippen molar-refractivity contribution in [3.63, 3.8) is 0 Å². The molecule has 2 aromatic heterocycles. The first-order valence-corrected chi connectivity index (χ1v) is 11.1. The summed E-state index contributed by atoms with van der Waals surface area (Å²) in [7, 11) is -4.77. The van der Waals surface area contributed by atoms with Crippen LogP contribution in [0.2, 0.25) is 0 Å². The van der Waals surface area contributed by atoms with E-state index in [2.05, 4.69) is 24.8 Å². The van der Waals surface area contributed by atoms with Crippen molar-refractivity contribution in [1.29, 1.82) is 0 Å². The van der Waals surface area contributed by atoms with Crippen LogP contribution in [0.25, 0.3) is 11.2 Å². The van der Waals surface area contributed by atoms with Gasteiger partial charge in [-0.1, -0.05) is 18.2 Å². The van der Waals surface area contributed by atoms with Gasteiger partial charge in [-0.25, -0.2) is 19.5 Å². The topological polar surface area (TPSA) is 192 Å². The molecule has 1 aliphatic rings. The van der Waals surface area contributed by atoms with Gasteiger partial charge in [0.05, 0.1) is 12.9 Å². The second-order valence-corrected chi connectivity index (χ2v) is 8.55. The molecule has 0 amide bonds. The molecule has 172 valence electrons. The number of ether oxygens (including phenoxy) is 1. The Labute approximate surface area is 181 Å². The third-order valence-corrected chi connectivity index (χ3v) is 5.63. The normalized spacial score (nSPS) is 23.7. The molecule has 1 aliphatic heterocycles. The number of hydrogen-bond donors (Lipinski definition) is 6. The molecule has 0 radical (unpaired) electrons. The molecule has 32 heavy (non-hydrogen) atoms. The second kappa shape index (κ2) is 8.71. The van der Waals surface area contributed by atoms with E-state index in [4.69, 9.17) is 14.5 Å². The minimum absolute atomic E-state index is 0.177. The number of phosphoric acid groups is 1. The minimum Gasteiger partial charge on any atom is -0.507 e. The predicted molar refractivity (Wildman–Crippen MR) is 109 cm³/mol. The summed E-state index contributed by atoms with van der Waals surface area (Å²) in [4.78, 5) is 30.3. The van der Waals surface area contributed by atoms with Gasteiger partial charge < -0.3 is 35.2 Å². The monoisotopic (exact) mass is 467 g/mol. The van der Waals surface area contributed by atoms with Crippen LogP contribution in [-0.4, -0.2) is 69.5 Å². The number of phenolic OH excluding ortho intramolecular Hbond substituents is 1. The van der Waals surface area contributed by atoms with Gasteiger partial charge in [-0.3, -0.25) is 9.09 Å². The number of anilines is 1. The number of nitrogens with one attached hydrogen (secondary N) is 1. The molecule has 3 heterocycles. The molecule has 4 atom stereocenters. The highest BCUT2D eigenvalue weighted by Gasteiger charge is 2.45. The highest BCUT2D eigenvalue weighted by atomic mass is 31.2. The number of aromatic nitrogens is 4. The van der Waals surface area contributed by atoms with Gasteiger partial charge in [0, 0.05) is 12.1 Å². The number of rotatable bonds is 7. The summed E-state index contributed by atoms with van der Waals surface area (Å²) >= 11 is 0. The first-order chi connectivity index (χ1) is 15.2. The molecule has 1 fully saturated rings. The highest BCUT2D eigenvalue weighted by Crippen LogP contribution is 2.39. The Balaban J connectivity index is 1.55. The van der Waals surface area contributed by atoms with Crippen molar-refractivity contribution in [2.45, 2.75) is 38.0 Å². The predicted octanol–water partition coefficient (Wildman–Crippen LogP) is 0.181. The summed E-state index contributed by atoms with van der Waals surface area (Å²) in [6.07, 6.45) is -2.54. The summed E-state index contributed by atoms with van der Waals surface area (Å²) in [6.45, 7) is 1.45. The second-order valence-electron chi connectivity index (χ2n) is 7.32. The SMILES string of the molecule is Cc1cccc(CNc2ncnc3c2ncn3[C@@H]2O[C@H](COP(=O)(O)O)[C@@H](O)[C@H]2O)c1O. The largest absolute Gasteiger partial charge is 0.507 e. The van der Waals surface area contributed by atoms with E-state index in [1.54, 1.807) is 19.1 Å². The number of aryl methyl sites for hydroxylation is 1. The molecule has 4 rings (SSSR count). The lowest BCUT2D eigenvalue weighted by Crippen LogP contribution is -2.33. The van der Waals surface area contributed by atoms with Gasteiger partial charge >= 0.3 is 7.82 Å². The number of hydrogen-bond acceptors (Lipinski definition) is 10. The Bertz CT molecular complexity index is 1170. The number of aliphatic hydroxyl groups excluding tert-OH is 2. The van der Waals surface area contributed by atoms with E-state index in [0.717, 1.165) is 5.56 Å². The lowest BCUT2D eigenvalue weighted by Gasteiger charge is -2.16. The number of phenols is 1. The van der Waals surface area contributed by atoms with Crippen molar-refractivity contribution in [2.75, 3.05) is 11.9 Å². The van der Waals surface area contributed by atoms with Crippen LogP contribution in [0, 0.1) is 6.92 Å². The average molecular weight is 467 g/mol. The number of imidazole rings is 1. The molecule has 13 nitrogen and oxygen atoms in total. The van der Waals surface area contributed by atoms with E-state index >= 15 is 0 Å². The molecule has 0 bridgehead atoms. The van der Waals surface area contributed by atoms with E-state index < -0.39 is 39.0 Å². The number of phosphoric ester groups is 1. The van der Waals surface area contributed by atoms with Crippen LogP contribution in [0.4, 0.5) is 5.82 Å². The molecular formula is C18H22N5O8P. The highest BCUT2D eigenvalue weighted by molar-refractivity contribution is 7.46. The van der Waals surface area contributed by atoms with E-state index in [0.29, 0.717) is 22.5 Å². The lowest BCUT2D eigenvalue weighted by molar-refractivity contribution is -0.0504. The zero-order chi connectivity index (χ0) is 23.0. The van der Waals surface area contributed by atoms with Gasteiger partial charge in [0.15, 0.2) is 23.2 Å². The van der Waals surface area contributed by atoms with Crippen molar-refractivity contribution < 1.29 is 38.9 Å². The molecule has 1 saturated heterocycles. The first kappa shape index (κ1) is 22.6. The van der Waals surface area contributed by atoms with Gasteiger partial charge in [0.1, 0.15) is 30.4 Å². The fraction of sp³-hybridized carbons (Fsp3) is 0.389. The molecule has 14 heteroatoms. The number of aromatic hydroxyl groups is 1. The average Bonchev–Trinajstić information content (AvgIpc) is 3.29. The Hall–Kier alpha value is -2.64. The third kappa shape index (κ3) is 4.45. The minimum atomic E-state index is -4.77. The number of benzene rings is 1. The molecule has 1 aromatic carbocycles. The summed E-state index contributed by atoms with van der Waals surface area (Å²) in [5.74, 6) is 0.555. The number of fused-ring (bicyclic) bond motifs is 1. The quantitative estimate of drug-likeness (QED) is 0.259. The summed E-state index contributed by atoms with van der Waals surface area (Å²) in [6, 6.07) is 5.40. The third-order valence-electron chi connectivity index (χ3n) is 5.14. The van der Waals surface area contributed by atoms with Gasteiger partial charge in [0.2, 0.25) is 0 Å². The number of aliphatic hydroxyl groups is 2. The van der Waals surface area contributed by atoms with Crippen LogP contribution in [0.15, 0.2) is 30.9 Å². The molecule has 6 N–H and O–H groups in total. The van der Waals surface area contributed by atoms with Crippen LogP contribution in [0.1, 0.15) is 17.4 Å². The number of para-hydroxylation sites is 1. The fourth-order valence-corrected chi connectivity index (χ4v) is 3.82. The fourth-order valence-electron chi connectivity index (χ4n) is 3.48. The van der Waals surface area contributed by atoms with E-state index in [1.807, 2.05) is 6.07 Å². The molecule has 0 aliphatic carbocycles. The Morgan fingerprint density at radius 3 is 2.75 bits per heavy atom. The maximum atomic E-state index is 10.9. The maximum Gasteiger partial charge on any atom is 0.469 e. The Morgan fingerprint density at radius 2 is 2.00 bits per heavy atom. The van der Waals surface area contributed by atoms with Crippen molar-refractivity contribution in [3.05, 3.63) is 42.0 Å². The van der Waals surface area contributed by atoms with Crippen LogP contribution in [0.5, 0.6) is 5.75 Å². The summed E-state index contributed by atoms with van der Waals surface area (Å²) in [5, 5.41) is 33.9. The van der Waals surface area contributed by atoms with Crippen molar-refractivity contribution in [3.8, 4) is 5.75 Å². The maximum absolute atomic E-state index is 10.9. The van der Waals surface area contributed by atoms with Crippen molar-refractivity contribution in [2.24, 2.45) is 0 Å². The standard InChI is InChI=1S/C18H22N5O8P/c1-9-3-2-4-10(13(9)24)5-19-16-12-17(21-7-20-16)23(8-22-12)18-15(26)14(25)11(31-18)6-30-32(27,28)29/h2-4,7-8,11,14-15,18,24-26H,5-6H2,1H3,(H,19,20,21)(H2,27,28,29)/t11-,14-,15-,18-/m1/s1. The summed E-state index contributed by atoms with van der Waals surface area (Å²) < 4.78 is 22.3. The van der Waals surface area contributed by atoms with Gasteiger partial charge in [-0.15, -0.1) is 0 Å². The van der Waals surface area contributed by atoms with Gasteiger partial charge in [-0.2, -0.15) is 0 Å². The Kier molecular flexibility index (Phi) is 6.14. The molecule has 0 unspecified atom stereocenters. The van der Waals surface area contributed by atoms with E-state index in [9.17, 15) is 19.9 Å². The van der Waals surface area contributed by atoms with E-state index in [1.165, 1.54) is 17.2 Å². The van der Waals surface area contributed by atoms with E-state index in [-0.39, 0.29) is 12.3 Å². The molecule has 0 saturated carbocycles. The smallest absolute Gasteiger partial charge is 0.469 e. The summed E-state index contributed by atoms with van der Waals surface area (Å²) in [5.41, 5.74) is 2.06. The zero-order valence-corrected chi connectivity index (χ0v) is 17.7. The Morgan fingerprint density at radius 1 is 1.22 bits per heavy atom. The molecular weight excluding hydrogens is 445 g/mol. The van der Waals surface area contributed by atoms with Gasteiger partial charge in [0.25, 0.3) is 0 Å². The van der Waals surface area contributed by atoms with Crippen LogP contribution >= 0.6 is 7.82 Å². The van der Waals surface area contributed by atoms with Crippen LogP contribution < -0.4 is 5.32 Å². The van der Waals surface area contributed by atoms with Crippen molar-refractivity contribution in [1.82, 2.24) is 19.5 Å². The van der Waals surface area contributed by atoms with Crippen molar-refractivity contribution >= 4 is 24.8 Å². The van der Waals surface area contributed by atoms with Crippen LogP contribution in [0.3, 0.4) is 0 Å². The zero-order valence-electron chi connectivity index (χ0n) is 16.8. The van der Waals surface area contributed by atoms with Crippen LogP contribution in [-0.2, 0) is 20.4 Å². The first-order valence-electron chi connectivity index (χ1n) is 9.56. The lowest BCUT2D eigenvalue weighted by atomic mass is 10.1.